The van der Waals surface area contributed by atoms with E-state index in [9.17, 15) is 9.18 Å². The Morgan fingerprint density at radius 1 is 1.34 bits per heavy atom. The first-order chi connectivity index (χ1) is 14.2. The number of aromatic amines is 1. The number of Topliss-reactive ketones (excluding diaryl/α,β-unsaturated/α-hetero) is 1. The third kappa shape index (κ3) is 4.19. The van der Waals surface area contributed by atoms with Crippen molar-refractivity contribution in [3.05, 3.63) is 65.9 Å². The minimum Gasteiger partial charge on any atom is -0.497 e. The van der Waals surface area contributed by atoms with Crippen LogP contribution in [0.4, 0.5) is 4.39 Å². The number of carbonyl (C=O) groups is 1. The van der Waals surface area contributed by atoms with Crippen molar-refractivity contribution in [1.82, 2.24) is 20.1 Å². The van der Waals surface area contributed by atoms with Gasteiger partial charge in [-0.25, -0.2) is 4.39 Å². The Labute approximate surface area is 168 Å². The first-order valence-corrected chi connectivity index (χ1v) is 9.68. The zero-order valence-corrected chi connectivity index (χ0v) is 16.3. The number of aromatic nitrogens is 3. The Morgan fingerprint density at radius 3 is 3.00 bits per heavy atom. The van der Waals surface area contributed by atoms with E-state index in [1.54, 1.807) is 36.8 Å². The van der Waals surface area contributed by atoms with Crippen molar-refractivity contribution in [3.63, 3.8) is 0 Å². The zero-order chi connectivity index (χ0) is 20.2. The van der Waals surface area contributed by atoms with E-state index < -0.39 is 0 Å². The van der Waals surface area contributed by atoms with Crippen LogP contribution in [0.2, 0.25) is 0 Å². The highest BCUT2D eigenvalue weighted by molar-refractivity contribution is 5.97. The van der Waals surface area contributed by atoms with Crippen molar-refractivity contribution in [3.8, 4) is 17.0 Å². The Balaban J connectivity index is 1.49. The quantitative estimate of drug-likeness (QED) is 0.646. The van der Waals surface area contributed by atoms with Gasteiger partial charge in [0.15, 0.2) is 5.78 Å². The smallest absolute Gasteiger partial charge is 0.168 e. The molecule has 1 atom stereocenters. The number of ether oxygens (including phenoxy) is 1. The van der Waals surface area contributed by atoms with E-state index in [0.717, 1.165) is 24.9 Å². The predicted octanol–water partition coefficient (Wildman–Crippen LogP) is 3.71. The van der Waals surface area contributed by atoms with Crippen LogP contribution in [0.5, 0.6) is 5.75 Å². The number of hydrogen-bond acceptors (Lipinski definition) is 5. The minimum absolute atomic E-state index is 0.0546. The lowest BCUT2D eigenvalue weighted by atomic mass is 9.90. The van der Waals surface area contributed by atoms with Crippen LogP contribution in [0, 0.1) is 11.7 Å². The number of methoxy groups -OCH3 is 1. The number of ketones is 1. The number of hydrogen-bond donors (Lipinski definition) is 1. The summed E-state index contributed by atoms with van der Waals surface area (Å²) in [5.74, 6) is 0.190. The largest absolute Gasteiger partial charge is 0.497 e. The molecule has 1 fully saturated rings. The number of benzene rings is 1. The van der Waals surface area contributed by atoms with Crippen molar-refractivity contribution < 1.29 is 13.9 Å². The van der Waals surface area contributed by atoms with Crippen molar-refractivity contribution in [1.29, 1.82) is 0 Å². The maximum Gasteiger partial charge on any atom is 0.168 e. The molecule has 0 saturated carbocycles. The summed E-state index contributed by atoms with van der Waals surface area (Å²) in [4.78, 5) is 19.1. The number of piperidine rings is 1. The van der Waals surface area contributed by atoms with Crippen LogP contribution < -0.4 is 4.74 Å². The summed E-state index contributed by atoms with van der Waals surface area (Å²) in [6.07, 6.45) is 6.84. The van der Waals surface area contributed by atoms with Gasteiger partial charge in [-0.05, 0) is 43.7 Å². The second kappa shape index (κ2) is 8.53. The lowest BCUT2D eigenvalue weighted by molar-refractivity contribution is 0.0811. The summed E-state index contributed by atoms with van der Waals surface area (Å²) in [7, 11) is 1.51. The van der Waals surface area contributed by atoms with Gasteiger partial charge in [-0.2, -0.15) is 5.10 Å². The molecule has 7 heteroatoms. The van der Waals surface area contributed by atoms with E-state index in [2.05, 4.69) is 20.1 Å². The molecule has 1 unspecified atom stereocenters. The monoisotopic (exact) mass is 394 g/mol. The number of carbonyl (C=O) groups excluding carboxylic acids is 1. The Hall–Kier alpha value is -3.06. The molecule has 150 valence electrons. The third-order valence-electron chi connectivity index (χ3n) is 5.38. The molecule has 1 saturated heterocycles. The van der Waals surface area contributed by atoms with E-state index in [1.165, 1.54) is 13.2 Å². The molecule has 0 radical (unpaired) electrons. The molecule has 0 bridgehead atoms. The second-order valence-corrected chi connectivity index (χ2v) is 7.30. The van der Waals surface area contributed by atoms with Gasteiger partial charge in [0.2, 0.25) is 0 Å². The standard InChI is InChI=1S/C22H23FN4O2/c1-29-18-6-7-19(20(23)10-18)21-17(12-25-26-21)14-27-9-3-5-16(13-27)22(28)15-4-2-8-24-11-15/h2,4,6-8,10-12,16H,3,5,9,13-14H2,1H3,(H,25,26). The first kappa shape index (κ1) is 19.3. The number of rotatable bonds is 6. The van der Waals surface area contributed by atoms with E-state index in [0.29, 0.717) is 35.7 Å². The highest BCUT2D eigenvalue weighted by atomic mass is 19.1. The summed E-state index contributed by atoms with van der Waals surface area (Å²) in [5, 5.41) is 7.04. The average molecular weight is 394 g/mol. The number of likely N-dealkylation sites (tertiary alicyclic amines) is 1. The molecule has 2 aromatic heterocycles. The molecule has 1 aromatic carbocycles. The molecule has 0 aliphatic carbocycles. The lowest BCUT2D eigenvalue weighted by Gasteiger charge is -2.31. The molecule has 1 aliphatic rings. The fourth-order valence-corrected chi connectivity index (χ4v) is 3.89. The number of halogens is 1. The maximum absolute atomic E-state index is 14.5. The van der Waals surface area contributed by atoms with E-state index in [4.69, 9.17) is 4.74 Å². The fourth-order valence-electron chi connectivity index (χ4n) is 3.89. The molecule has 0 spiro atoms. The van der Waals surface area contributed by atoms with E-state index in [-0.39, 0.29) is 17.5 Å². The molecule has 3 aromatic rings. The summed E-state index contributed by atoms with van der Waals surface area (Å²) in [6.45, 7) is 2.17. The molecular weight excluding hydrogens is 371 g/mol. The van der Waals surface area contributed by atoms with Crippen molar-refractivity contribution in [2.75, 3.05) is 20.2 Å². The topological polar surface area (TPSA) is 71.1 Å². The van der Waals surface area contributed by atoms with Gasteiger partial charge in [-0.1, -0.05) is 0 Å². The molecular formula is C22H23FN4O2. The third-order valence-corrected chi connectivity index (χ3v) is 5.38. The van der Waals surface area contributed by atoms with Crippen LogP contribution in [-0.4, -0.2) is 46.1 Å². The summed E-state index contributed by atoms with van der Waals surface area (Å²) in [5.41, 5.74) is 2.68. The van der Waals surface area contributed by atoms with Gasteiger partial charge in [-0.15, -0.1) is 0 Å². The van der Waals surface area contributed by atoms with Crippen LogP contribution in [0.1, 0.15) is 28.8 Å². The SMILES string of the molecule is COc1ccc(-c2[nH]ncc2CN2CCCC(C(=O)c3cccnc3)C2)c(F)c1. The summed E-state index contributed by atoms with van der Waals surface area (Å²) in [6, 6.07) is 8.38. The number of nitrogens with zero attached hydrogens (tertiary/aromatic N) is 3. The predicted molar refractivity (Wildman–Crippen MR) is 107 cm³/mol. The van der Waals surface area contributed by atoms with Gasteiger partial charge in [0.25, 0.3) is 0 Å². The molecule has 1 N–H and O–H groups in total. The van der Waals surface area contributed by atoms with Crippen LogP contribution in [-0.2, 0) is 6.54 Å². The molecule has 0 amide bonds. The first-order valence-electron chi connectivity index (χ1n) is 9.68. The highest BCUT2D eigenvalue weighted by Crippen LogP contribution is 2.29. The minimum atomic E-state index is -0.363. The maximum atomic E-state index is 14.5. The van der Waals surface area contributed by atoms with Gasteiger partial charge in [-0.3, -0.25) is 19.8 Å². The summed E-state index contributed by atoms with van der Waals surface area (Å²) >= 11 is 0. The Kier molecular flexibility index (Phi) is 5.67. The molecule has 3 heterocycles. The average Bonchev–Trinajstić information content (AvgIpc) is 3.21. The number of pyridine rings is 1. The van der Waals surface area contributed by atoms with Crippen LogP contribution in [0.3, 0.4) is 0 Å². The molecule has 29 heavy (non-hydrogen) atoms. The zero-order valence-electron chi connectivity index (χ0n) is 16.3. The lowest BCUT2D eigenvalue weighted by Crippen LogP contribution is -2.38. The van der Waals surface area contributed by atoms with Gasteiger partial charge >= 0.3 is 0 Å². The van der Waals surface area contributed by atoms with Crippen LogP contribution in [0.15, 0.2) is 48.9 Å². The fraction of sp³-hybridized carbons (Fsp3) is 0.318. The Bertz CT molecular complexity index is 989. The van der Waals surface area contributed by atoms with Gasteiger partial charge < -0.3 is 4.74 Å². The van der Waals surface area contributed by atoms with Crippen molar-refractivity contribution in [2.45, 2.75) is 19.4 Å². The number of nitrogens with one attached hydrogen (secondary N) is 1. The van der Waals surface area contributed by atoms with Gasteiger partial charge in [0.05, 0.1) is 19.0 Å². The van der Waals surface area contributed by atoms with Crippen molar-refractivity contribution in [2.24, 2.45) is 5.92 Å². The van der Waals surface area contributed by atoms with Crippen LogP contribution >= 0.6 is 0 Å². The molecule has 1 aliphatic heterocycles. The molecule has 6 nitrogen and oxygen atoms in total. The normalized spacial score (nSPS) is 17.2. The Morgan fingerprint density at radius 2 is 2.24 bits per heavy atom. The molecule has 4 rings (SSSR count). The number of H-pyrrole nitrogens is 1. The second-order valence-electron chi connectivity index (χ2n) is 7.30. The highest BCUT2D eigenvalue weighted by Gasteiger charge is 2.27. The van der Waals surface area contributed by atoms with E-state index >= 15 is 0 Å². The summed E-state index contributed by atoms with van der Waals surface area (Å²) < 4.78 is 19.6. The van der Waals surface area contributed by atoms with Gasteiger partial charge in [0.1, 0.15) is 11.6 Å². The van der Waals surface area contributed by atoms with Crippen molar-refractivity contribution >= 4 is 5.78 Å². The van der Waals surface area contributed by atoms with Crippen LogP contribution in [0.25, 0.3) is 11.3 Å². The van der Waals surface area contributed by atoms with Gasteiger partial charge in [0, 0.05) is 54.2 Å². The van der Waals surface area contributed by atoms with E-state index in [1.807, 2.05) is 6.07 Å².